The zero-order chi connectivity index (χ0) is 11.4. The second-order valence-corrected chi connectivity index (χ2v) is 5.70. The minimum Gasteiger partial charge on any atom is -0.242 e. The van der Waals surface area contributed by atoms with Crippen molar-refractivity contribution in [2.24, 2.45) is 22.2 Å². The van der Waals surface area contributed by atoms with Gasteiger partial charge in [0.05, 0.1) is 17.8 Å². The highest BCUT2D eigenvalue weighted by Crippen LogP contribution is 2.51. The first-order valence-electron chi connectivity index (χ1n) is 6.59. The largest absolute Gasteiger partial charge is 0.242 e. The van der Waals surface area contributed by atoms with Gasteiger partial charge in [0.15, 0.2) is 0 Å². The Bertz CT molecular complexity index is 465. The van der Waals surface area contributed by atoms with Crippen LogP contribution in [0.3, 0.4) is 0 Å². The molecule has 2 bridgehead atoms. The summed E-state index contributed by atoms with van der Waals surface area (Å²) in [7, 11) is 0. The predicted molar refractivity (Wildman–Crippen MR) is 66.9 cm³/mol. The van der Waals surface area contributed by atoms with E-state index in [1.807, 2.05) is 0 Å². The van der Waals surface area contributed by atoms with Crippen LogP contribution in [-0.2, 0) is 0 Å². The number of hydrogen-bond donors (Lipinski definition) is 0. The number of benzene rings is 1. The summed E-state index contributed by atoms with van der Waals surface area (Å²) in [6, 6.07) is 9.69. The lowest BCUT2D eigenvalue weighted by atomic mass is 9.91. The molecule has 2 fully saturated rings. The van der Waals surface area contributed by atoms with Gasteiger partial charge in [0, 0.05) is 0 Å². The van der Waals surface area contributed by atoms with E-state index in [-0.39, 0.29) is 0 Å². The van der Waals surface area contributed by atoms with Crippen molar-refractivity contribution in [3.8, 4) is 0 Å². The van der Waals surface area contributed by atoms with Crippen LogP contribution in [0.5, 0.6) is 0 Å². The van der Waals surface area contributed by atoms with Crippen LogP contribution in [0.1, 0.15) is 24.8 Å². The quantitative estimate of drug-likeness (QED) is 0.723. The zero-order valence-corrected chi connectivity index (χ0v) is 10.1. The van der Waals surface area contributed by atoms with Gasteiger partial charge in [-0.3, -0.25) is 0 Å². The Morgan fingerprint density at radius 3 is 2.71 bits per heavy atom. The molecule has 0 radical (unpaired) electrons. The Hall–Kier alpha value is -1.38. The van der Waals surface area contributed by atoms with Crippen molar-refractivity contribution in [2.75, 3.05) is 5.01 Å². The van der Waals surface area contributed by atoms with Gasteiger partial charge in [-0.05, 0) is 50.2 Å². The monoisotopic (exact) mass is 227 g/mol. The molecule has 4 atom stereocenters. The number of rotatable bonds is 1. The van der Waals surface area contributed by atoms with Crippen molar-refractivity contribution < 1.29 is 0 Å². The van der Waals surface area contributed by atoms with Crippen LogP contribution in [0, 0.1) is 18.8 Å². The first kappa shape index (κ1) is 9.63. The summed E-state index contributed by atoms with van der Waals surface area (Å²) in [6.07, 6.45) is 4.11. The van der Waals surface area contributed by atoms with Crippen LogP contribution in [-0.4, -0.2) is 12.1 Å². The maximum Gasteiger partial charge on any atom is 0.0985 e. The third kappa shape index (κ3) is 1.28. The van der Waals surface area contributed by atoms with E-state index < -0.39 is 0 Å². The first-order valence-corrected chi connectivity index (χ1v) is 6.59. The lowest BCUT2D eigenvalue weighted by Crippen LogP contribution is -2.39. The molecular formula is C14H17N3. The van der Waals surface area contributed by atoms with Gasteiger partial charge in [-0.15, -0.1) is 0 Å². The molecular weight excluding hydrogens is 210 g/mol. The van der Waals surface area contributed by atoms with E-state index in [1.54, 1.807) is 0 Å². The van der Waals surface area contributed by atoms with Gasteiger partial charge in [-0.1, -0.05) is 22.9 Å². The summed E-state index contributed by atoms with van der Waals surface area (Å²) >= 11 is 0. The molecule has 1 aromatic carbocycles. The molecule has 1 aliphatic heterocycles. The minimum absolute atomic E-state index is 0.482. The average molecular weight is 227 g/mol. The lowest BCUT2D eigenvalue weighted by Gasteiger charge is -2.29. The molecule has 1 heterocycles. The van der Waals surface area contributed by atoms with Crippen molar-refractivity contribution in [1.82, 2.24) is 0 Å². The number of aryl methyl sites for hydroxylation is 1. The molecule has 2 saturated carbocycles. The van der Waals surface area contributed by atoms with Gasteiger partial charge in [0.1, 0.15) is 0 Å². The van der Waals surface area contributed by atoms with E-state index in [2.05, 4.69) is 46.5 Å². The summed E-state index contributed by atoms with van der Waals surface area (Å²) in [5.74, 6) is 1.63. The van der Waals surface area contributed by atoms with E-state index in [4.69, 9.17) is 0 Å². The Morgan fingerprint density at radius 2 is 1.88 bits per heavy atom. The summed E-state index contributed by atoms with van der Waals surface area (Å²) < 4.78 is 0. The third-order valence-electron chi connectivity index (χ3n) is 4.69. The maximum absolute atomic E-state index is 4.51. The second kappa shape index (κ2) is 3.31. The maximum atomic E-state index is 4.51. The van der Waals surface area contributed by atoms with Crippen LogP contribution in [0.15, 0.2) is 34.6 Å². The first-order chi connectivity index (χ1) is 8.33. The van der Waals surface area contributed by atoms with Gasteiger partial charge in [-0.25, -0.2) is 5.01 Å². The fraction of sp³-hybridized carbons (Fsp3) is 0.571. The highest BCUT2D eigenvalue weighted by molar-refractivity contribution is 5.49. The molecule has 3 heteroatoms. The number of nitrogens with zero attached hydrogens (tertiary/aromatic N) is 3. The Balaban J connectivity index is 1.68. The van der Waals surface area contributed by atoms with E-state index >= 15 is 0 Å². The Labute approximate surface area is 102 Å². The van der Waals surface area contributed by atoms with Crippen LogP contribution in [0.25, 0.3) is 0 Å². The van der Waals surface area contributed by atoms with Crippen molar-refractivity contribution in [3.63, 3.8) is 0 Å². The molecule has 88 valence electrons. The van der Waals surface area contributed by atoms with E-state index in [1.165, 1.54) is 30.5 Å². The lowest BCUT2D eigenvalue weighted by molar-refractivity contribution is 0.383. The minimum atomic E-state index is 0.482. The molecule has 3 aliphatic rings. The van der Waals surface area contributed by atoms with Gasteiger partial charge >= 0.3 is 0 Å². The van der Waals surface area contributed by atoms with Gasteiger partial charge in [0.25, 0.3) is 0 Å². The molecule has 0 saturated heterocycles. The zero-order valence-electron chi connectivity index (χ0n) is 10.1. The fourth-order valence-electron chi connectivity index (χ4n) is 3.83. The summed E-state index contributed by atoms with van der Waals surface area (Å²) in [5.41, 5.74) is 2.51. The highest BCUT2D eigenvalue weighted by Gasteiger charge is 2.53. The summed E-state index contributed by atoms with van der Waals surface area (Å²) in [4.78, 5) is 0. The molecule has 0 aromatic heterocycles. The second-order valence-electron chi connectivity index (χ2n) is 5.70. The standard InChI is InChI=1S/C14H17N3/c1-9-2-6-12(7-3-9)17-14-11-5-4-10(8-11)13(14)15-16-17/h2-3,6-7,10-11,13-14H,4-5,8H2,1H3/t10-,11+,13+,14-/m0/s1. The van der Waals surface area contributed by atoms with Crippen molar-refractivity contribution in [1.29, 1.82) is 0 Å². The molecule has 4 rings (SSSR count). The third-order valence-corrected chi connectivity index (χ3v) is 4.69. The molecule has 2 aliphatic carbocycles. The SMILES string of the molecule is Cc1ccc(N2N=N[C@@H]3[C@H]4CC[C@H](C4)[C@@H]32)cc1. The smallest absolute Gasteiger partial charge is 0.0985 e. The summed E-state index contributed by atoms with van der Waals surface area (Å²) in [6.45, 7) is 2.12. The highest BCUT2D eigenvalue weighted by atomic mass is 15.6. The molecule has 0 N–H and O–H groups in total. The van der Waals surface area contributed by atoms with E-state index in [9.17, 15) is 0 Å². The van der Waals surface area contributed by atoms with Gasteiger partial charge in [-0.2, -0.15) is 5.11 Å². The fourth-order valence-corrected chi connectivity index (χ4v) is 3.83. The molecule has 3 nitrogen and oxygen atoms in total. The summed E-state index contributed by atoms with van der Waals surface area (Å²) in [5, 5.41) is 11.1. The normalized spacial score (nSPS) is 37.8. The van der Waals surface area contributed by atoms with Crippen molar-refractivity contribution in [2.45, 2.75) is 38.3 Å². The Kier molecular flexibility index (Phi) is 1.88. The molecule has 0 spiro atoms. The number of fused-ring (bicyclic) bond motifs is 5. The molecule has 17 heavy (non-hydrogen) atoms. The van der Waals surface area contributed by atoms with Crippen molar-refractivity contribution >= 4 is 5.69 Å². The number of hydrogen-bond acceptors (Lipinski definition) is 3. The predicted octanol–water partition coefficient (Wildman–Crippen LogP) is 3.35. The molecule has 0 amide bonds. The van der Waals surface area contributed by atoms with Crippen LogP contribution >= 0.6 is 0 Å². The van der Waals surface area contributed by atoms with Gasteiger partial charge < -0.3 is 0 Å². The average Bonchev–Trinajstić information content (AvgIpc) is 3.02. The van der Waals surface area contributed by atoms with Crippen LogP contribution < -0.4 is 5.01 Å². The van der Waals surface area contributed by atoms with E-state index in [0.717, 1.165) is 11.8 Å². The van der Waals surface area contributed by atoms with Crippen LogP contribution in [0.2, 0.25) is 0 Å². The molecule has 0 unspecified atom stereocenters. The van der Waals surface area contributed by atoms with Gasteiger partial charge in [0.2, 0.25) is 0 Å². The Morgan fingerprint density at radius 1 is 1.12 bits per heavy atom. The number of anilines is 1. The topological polar surface area (TPSA) is 28.0 Å². The van der Waals surface area contributed by atoms with Crippen molar-refractivity contribution in [3.05, 3.63) is 29.8 Å². The molecule has 1 aromatic rings. The van der Waals surface area contributed by atoms with E-state index in [0.29, 0.717) is 12.1 Å². The van der Waals surface area contributed by atoms with Crippen LogP contribution in [0.4, 0.5) is 5.69 Å².